The van der Waals surface area contributed by atoms with Crippen LogP contribution < -0.4 is 10.1 Å². The fraction of sp³-hybridized carbons (Fsp3) is 0.300. The Labute approximate surface area is 163 Å². The van der Waals surface area contributed by atoms with Gasteiger partial charge in [0.05, 0.1) is 17.2 Å². The second kappa shape index (κ2) is 9.32. The number of nitrogens with one attached hydrogen (secondary N) is 1. The van der Waals surface area contributed by atoms with E-state index in [1.54, 1.807) is 6.21 Å². The van der Waals surface area contributed by atoms with Crippen LogP contribution in [0.4, 0.5) is 10.5 Å². The quantitative estimate of drug-likeness (QED) is 0.281. The van der Waals surface area contributed by atoms with E-state index in [1.807, 2.05) is 56.3 Å². The number of fused-ring (bicyclic) bond motifs is 1. The summed E-state index contributed by atoms with van der Waals surface area (Å²) in [4.78, 5) is 12.4. The molecule has 0 fully saturated rings. The van der Waals surface area contributed by atoms with Gasteiger partial charge in [-0.1, -0.05) is 22.9 Å². The van der Waals surface area contributed by atoms with Gasteiger partial charge in [0.1, 0.15) is 23.9 Å². The minimum absolute atomic E-state index is 0.285. The van der Waals surface area contributed by atoms with Crippen LogP contribution in [0.1, 0.15) is 37.0 Å². The predicted molar refractivity (Wildman–Crippen MR) is 106 cm³/mol. The van der Waals surface area contributed by atoms with E-state index in [0.29, 0.717) is 6.61 Å². The van der Waals surface area contributed by atoms with Crippen LogP contribution in [0.2, 0.25) is 0 Å². The summed E-state index contributed by atoms with van der Waals surface area (Å²) in [6, 6.07) is 13.6. The molecule has 142 valence electrons. The molecule has 0 saturated carbocycles. The molecule has 1 atom stereocenters. The van der Waals surface area contributed by atoms with Gasteiger partial charge in [0, 0.05) is 11.8 Å². The number of nitrogens with zero attached hydrogens (tertiary/aromatic N) is 1. The monoisotopic (exact) mass is 386 g/mol. The molecular formula is C20H22N2O4S. The lowest BCUT2D eigenvalue weighted by Crippen LogP contribution is -2.23. The average Bonchev–Trinajstić information content (AvgIpc) is 2.65. The van der Waals surface area contributed by atoms with Crippen molar-refractivity contribution in [3.8, 4) is 5.75 Å². The number of amides is 1. The number of oxime groups is 1. The number of aryl methyl sites for hydroxylation is 1. The third kappa shape index (κ3) is 5.65. The first-order valence-corrected chi connectivity index (χ1v) is 9.52. The van der Waals surface area contributed by atoms with Crippen molar-refractivity contribution in [2.24, 2.45) is 5.16 Å². The average molecular weight is 386 g/mol. The zero-order valence-electron chi connectivity index (χ0n) is 15.3. The lowest BCUT2D eigenvalue weighted by atomic mass is 10.1. The normalized spacial score (nSPS) is 15.8. The summed E-state index contributed by atoms with van der Waals surface area (Å²) in [6.45, 7) is 4.45. The highest BCUT2D eigenvalue weighted by Crippen LogP contribution is 2.33. The zero-order chi connectivity index (χ0) is 19.1. The van der Waals surface area contributed by atoms with Crippen LogP contribution in [0.25, 0.3) is 0 Å². The van der Waals surface area contributed by atoms with Crippen LogP contribution in [0, 0.1) is 6.92 Å². The molecule has 0 aromatic heterocycles. The molecule has 0 radical (unpaired) electrons. The highest BCUT2D eigenvalue weighted by atomic mass is 32.2. The van der Waals surface area contributed by atoms with Crippen LogP contribution in [0.5, 0.6) is 5.75 Å². The molecule has 1 aliphatic heterocycles. The molecule has 0 saturated heterocycles. The van der Waals surface area contributed by atoms with Gasteiger partial charge in [-0.05, 0) is 57.0 Å². The van der Waals surface area contributed by atoms with E-state index in [2.05, 4.69) is 10.5 Å². The smallest absolute Gasteiger partial charge is 0.412 e. The first-order chi connectivity index (χ1) is 13.1. The van der Waals surface area contributed by atoms with Crippen molar-refractivity contribution >= 4 is 30.0 Å². The second-order valence-corrected chi connectivity index (χ2v) is 6.96. The van der Waals surface area contributed by atoms with Crippen LogP contribution in [-0.2, 0) is 9.02 Å². The fourth-order valence-electron chi connectivity index (χ4n) is 2.55. The third-order valence-electron chi connectivity index (χ3n) is 4.00. The maximum absolute atomic E-state index is 11.3. The van der Waals surface area contributed by atoms with Crippen molar-refractivity contribution in [2.75, 3.05) is 11.9 Å². The number of cyclic esters (lactones) is 1. The number of hydrogen-bond acceptors (Lipinski definition) is 6. The van der Waals surface area contributed by atoms with Gasteiger partial charge in [-0.2, -0.15) is 0 Å². The number of anilines is 1. The van der Waals surface area contributed by atoms with E-state index in [-0.39, 0.29) is 6.10 Å². The molecule has 1 N–H and O–H groups in total. The number of carbonyl (C=O) groups is 1. The molecule has 7 heteroatoms. The summed E-state index contributed by atoms with van der Waals surface area (Å²) < 4.78 is 16.1. The number of carbonyl (C=O) groups excluding carboxylic acids is 1. The minimum atomic E-state index is -0.425. The first-order valence-electron chi connectivity index (χ1n) is 8.78. The van der Waals surface area contributed by atoms with E-state index >= 15 is 0 Å². The molecule has 27 heavy (non-hydrogen) atoms. The summed E-state index contributed by atoms with van der Waals surface area (Å²) in [7, 11) is 0. The molecule has 2 aromatic carbocycles. The molecule has 2 aromatic rings. The van der Waals surface area contributed by atoms with Gasteiger partial charge < -0.3 is 13.8 Å². The molecule has 0 aliphatic carbocycles. The van der Waals surface area contributed by atoms with Gasteiger partial charge in [-0.25, -0.2) is 4.79 Å². The lowest BCUT2D eigenvalue weighted by Gasteiger charge is -2.23. The summed E-state index contributed by atoms with van der Waals surface area (Å²) in [5.74, 6) is 0.753. The molecular weight excluding hydrogens is 364 g/mol. The van der Waals surface area contributed by atoms with Crippen molar-refractivity contribution in [1.29, 1.82) is 0 Å². The van der Waals surface area contributed by atoms with Gasteiger partial charge in [0.2, 0.25) is 0 Å². The zero-order valence-corrected chi connectivity index (χ0v) is 16.1. The van der Waals surface area contributed by atoms with E-state index in [0.717, 1.165) is 34.7 Å². The molecule has 1 amide bonds. The molecule has 3 rings (SSSR count). The summed E-state index contributed by atoms with van der Waals surface area (Å²) in [5.41, 5.74) is 2.89. The van der Waals surface area contributed by atoms with Gasteiger partial charge in [0.25, 0.3) is 0 Å². The van der Waals surface area contributed by atoms with Gasteiger partial charge in [-0.15, -0.1) is 0 Å². The molecule has 6 nitrogen and oxygen atoms in total. The molecule has 0 bridgehead atoms. The highest BCUT2D eigenvalue weighted by Gasteiger charge is 2.22. The summed E-state index contributed by atoms with van der Waals surface area (Å²) in [6.07, 6.45) is 2.61. The first kappa shape index (κ1) is 19.1. The maximum Gasteiger partial charge on any atom is 0.412 e. The predicted octanol–water partition coefficient (Wildman–Crippen LogP) is 5.49. The molecule has 1 unspecified atom stereocenters. The number of unbranched alkanes of at least 4 members (excludes halogenated alkanes) is 1. The Morgan fingerprint density at radius 2 is 2.07 bits per heavy atom. The Kier molecular flexibility index (Phi) is 6.59. The Morgan fingerprint density at radius 3 is 2.89 bits per heavy atom. The van der Waals surface area contributed by atoms with Crippen molar-refractivity contribution in [1.82, 2.24) is 0 Å². The number of hydrogen-bond donors (Lipinski definition) is 1. The molecule has 1 aliphatic rings. The van der Waals surface area contributed by atoms with E-state index < -0.39 is 6.09 Å². The van der Waals surface area contributed by atoms with Crippen molar-refractivity contribution in [3.05, 3.63) is 53.6 Å². The summed E-state index contributed by atoms with van der Waals surface area (Å²) >= 11 is 1.23. The van der Waals surface area contributed by atoms with Gasteiger partial charge in [-0.3, -0.25) is 5.32 Å². The molecule has 0 spiro atoms. The van der Waals surface area contributed by atoms with Crippen LogP contribution >= 0.6 is 12.0 Å². The SMILES string of the molecule is Cc1ccc(SON=CCCCOc2ccc3c(c2)C(C)OC(=O)N3)cc1. The number of benzene rings is 2. The topological polar surface area (TPSA) is 69.1 Å². The van der Waals surface area contributed by atoms with Crippen molar-refractivity contribution in [2.45, 2.75) is 37.7 Å². The number of rotatable bonds is 8. The van der Waals surface area contributed by atoms with Gasteiger partial charge in [0.15, 0.2) is 0 Å². The Balaban J connectivity index is 1.35. The van der Waals surface area contributed by atoms with Crippen LogP contribution in [0.3, 0.4) is 0 Å². The number of ether oxygens (including phenoxy) is 2. The molecule has 1 heterocycles. The van der Waals surface area contributed by atoms with E-state index in [4.69, 9.17) is 13.8 Å². The van der Waals surface area contributed by atoms with E-state index in [9.17, 15) is 4.79 Å². The maximum atomic E-state index is 11.3. The lowest BCUT2D eigenvalue weighted by molar-refractivity contribution is 0.116. The third-order valence-corrected chi connectivity index (χ3v) is 4.63. The van der Waals surface area contributed by atoms with Gasteiger partial charge >= 0.3 is 6.09 Å². The fourth-order valence-corrected chi connectivity index (χ4v) is 2.99. The highest BCUT2D eigenvalue weighted by molar-refractivity contribution is 7.94. The summed E-state index contributed by atoms with van der Waals surface area (Å²) in [5, 5.41) is 6.61. The van der Waals surface area contributed by atoms with Crippen molar-refractivity contribution < 1.29 is 18.6 Å². The Hall–Kier alpha value is -2.67. The largest absolute Gasteiger partial charge is 0.494 e. The Morgan fingerprint density at radius 1 is 1.26 bits per heavy atom. The Bertz CT molecular complexity index is 808. The second-order valence-electron chi connectivity index (χ2n) is 6.17. The van der Waals surface area contributed by atoms with E-state index in [1.165, 1.54) is 17.6 Å². The minimum Gasteiger partial charge on any atom is -0.494 e. The van der Waals surface area contributed by atoms with Crippen LogP contribution in [-0.4, -0.2) is 18.9 Å². The van der Waals surface area contributed by atoms with Crippen LogP contribution in [0.15, 0.2) is 52.5 Å². The standard InChI is InChI=1S/C20H22N2O4S/c1-14-5-8-17(9-6-14)27-26-21-11-3-4-12-24-16-7-10-19-18(13-16)15(2)25-20(23)22-19/h5-11,13,15H,3-4,12H2,1-2H3,(H,22,23). The van der Waals surface area contributed by atoms with Crippen molar-refractivity contribution in [3.63, 3.8) is 0 Å².